The number of nitrogens with zero attached hydrogens (tertiary/aromatic N) is 2. The minimum atomic E-state index is -3.79. The molecule has 0 bridgehead atoms. The van der Waals surface area contributed by atoms with Crippen LogP contribution < -0.4 is 10.0 Å². The van der Waals surface area contributed by atoms with Crippen molar-refractivity contribution in [1.82, 2.24) is 10.1 Å². The zero-order valence-electron chi connectivity index (χ0n) is 14.2. The van der Waals surface area contributed by atoms with Crippen LogP contribution in [0.5, 0.6) is 0 Å². The largest absolute Gasteiger partial charge is 0.360 e. The van der Waals surface area contributed by atoms with Gasteiger partial charge in [-0.15, -0.1) is 0 Å². The molecule has 8 nitrogen and oxygen atoms in total. The Morgan fingerprint density at radius 2 is 1.96 bits per heavy atom. The molecule has 140 valence electrons. The van der Waals surface area contributed by atoms with E-state index >= 15 is 0 Å². The summed E-state index contributed by atoms with van der Waals surface area (Å²) in [5.41, 5.74) is 0.498. The molecule has 0 fully saturated rings. The monoisotopic (exact) mass is 404 g/mol. The number of aryl methyl sites for hydroxylation is 1. The van der Waals surface area contributed by atoms with E-state index in [1.54, 1.807) is 19.2 Å². The van der Waals surface area contributed by atoms with Gasteiger partial charge >= 0.3 is 0 Å². The summed E-state index contributed by atoms with van der Waals surface area (Å²) >= 11 is 1.31. The van der Waals surface area contributed by atoms with Crippen molar-refractivity contribution in [2.24, 2.45) is 0 Å². The molecule has 0 aliphatic heterocycles. The van der Waals surface area contributed by atoms with Crippen molar-refractivity contribution in [2.45, 2.75) is 16.8 Å². The lowest BCUT2D eigenvalue weighted by molar-refractivity contribution is -0.113. The molecule has 0 saturated heterocycles. The Labute approximate surface area is 160 Å². The van der Waals surface area contributed by atoms with Gasteiger partial charge in [0, 0.05) is 18.0 Å². The van der Waals surface area contributed by atoms with E-state index in [1.807, 2.05) is 12.1 Å². The molecule has 10 heteroatoms. The van der Waals surface area contributed by atoms with Crippen molar-refractivity contribution in [2.75, 3.05) is 15.8 Å². The van der Waals surface area contributed by atoms with Crippen LogP contribution in [0.15, 0.2) is 69.2 Å². The first-order chi connectivity index (χ1) is 12.9. The number of amides is 1. The van der Waals surface area contributed by atoms with E-state index in [1.165, 1.54) is 42.1 Å². The van der Waals surface area contributed by atoms with Crippen LogP contribution in [0, 0.1) is 6.92 Å². The Kier molecular flexibility index (Phi) is 5.77. The van der Waals surface area contributed by atoms with Gasteiger partial charge in [-0.25, -0.2) is 13.4 Å². The maximum absolute atomic E-state index is 12.3. The summed E-state index contributed by atoms with van der Waals surface area (Å²) in [6.45, 7) is 1.66. The predicted octanol–water partition coefficient (Wildman–Crippen LogP) is 2.91. The molecule has 0 aliphatic carbocycles. The number of sulfonamides is 1. The molecular formula is C17H16N4O4S2. The topological polar surface area (TPSA) is 114 Å². The fourth-order valence-corrected chi connectivity index (χ4v) is 3.74. The first-order valence-corrected chi connectivity index (χ1v) is 10.3. The normalized spacial score (nSPS) is 11.1. The molecule has 3 rings (SSSR count). The van der Waals surface area contributed by atoms with Gasteiger partial charge < -0.3 is 9.84 Å². The smallest absolute Gasteiger partial charge is 0.263 e. The van der Waals surface area contributed by atoms with Gasteiger partial charge in [0.2, 0.25) is 5.91 Å². The maximum atomic E-state index is 12.3. The third-order valence-corrected chi connectivity index (χ3v) is 5.62. The fraction of sp³-hybridized carbons (Fsp3) is 0.118. The molecule has 0 aliphatic rings. The van der Waals surface area contributed by atoms with Crippen LogP contribution in [0.3, 0.4) is 0 Å². The number of hydrogen-bond acceptors (Lipinski definition) is 7. The standard InChI is InChI=1S/C17H16N4O4S2/c1-12-10-15(20-25-12)21-27(23,24)14-7-5-13(6-8-14)19-16(22)11-26-17-4-2-3-9-18-17/h2-10H,11H2,1H3,(H,19,22)(H,20,21). The summed E-state index contributed by atoms with van der Waals surface area (Å²) in [6, 6.07) is 12.8. The van der Waals surface area contributed by atoms with E-state index in [4.69, 9.17) is 4.52 Å². The third-order valence-electron chi connectivity index (χ3n) is 3.30. The number of thioether (sulfide) groups is 1. The van der Waals surface area contributed by atoms with Crippen molar-refractivity contribution in [3.05, 3.63) is 60.5 Å². The molecule has 0 saturated carbocycles. The lowest BCUT2D eigenvalue weighted by atomic mass is 10.3. The van der Waals surface area contributed by atoms with Crippen LogP contribution in [0.2, 0.25) is 0 Å². The lowest BCUT2D eigenvalue weighted by Gasteiger charge is -2.08. The summed E-state index contributed by atoms with van der Waals surface area (Å²) in [4.78, 5) is 16.2. The van der Waals surface area contributed by atoms with Gasteiger partial charge in [-0.3, -0.25) is 9.52 Å². The molecular weight excluding hydrogens is 388 g/mol. The average Bonchev–Trinajstić information content (AvgIpc) is 3.05. The van der Waals surface area contributed by atoms with Crippen LogP contribution in [0.25, 0.3) is 0 Å². The first kappa shape index (κ1) is 18.9. The number of aromatic nitrogens is 2. The van der Waals surface area contributed by atoms with Gasteiger partial charge in [0.1, 0.15) is 5.76 Å². The SMILES string of the molecule is Cc1cc(NS(=O)(=O)c2ccc(NC(=O)CSc3ccccn3)cc2)no1. The molecule has 27 heavy (non-hydrogen) atoms. The summed E-state index contributed by atoms with van der Waals surface area (Å²) < 4.78 is 31.8. The molecule has 2 N–H and O–H groups in total. The van der Waals surface area contributed by atoms with Gasteiger partial charge in [0.15, 0.2) is 5.82 Å². The van der Waals surface area contributed by atoms with Gasteiger partial charge in [-0.1, -0.05) is 23.0 Å². The quantitative estimate of drug-likeness (QED) is 0.582. The molecule has 1 amide bonds. The average molecular weight is 404 g/mol. The Bertz CT molecular complexity index is 1020. The minimum absolute atomic E-state index is 0.0454. The zero-order valence-corrected chi connectivity index (χ0v) is 15.9. The molecule has 0 spiro atoms. The Morgan fingerprint density at radius 1 is 1.19 bits per heavy atom. The summed E-state index contributed by atoms with van der Waals surface area (Å²) in [5, 5.41) is 7.07. The van der Waals surface area contributed by atoms with E-state index in [9.17, 15) is 13.2 Å². The van der Waals surface area contributed by atoms with Crippen molar-refractivity contribution < 1.29 is 17.7 Å². The number of carbonyl (C=O) groups is 1. The van der Waals surface area contributed by atoms with Crippen LogP contribution in [0.4, 0.5) is 11.5 Å². The number of hydrogen-bond donors (Lipinski definition) is 2. The number of anilines is 2. The fourth-order valence-electron chi connectivity index (χ4n) is 2.10. The molecule has 1 aromatic carbocycles. The highest BCUT2D eigenvalue weighted by Gasteiger charge is 2.16. The van der Waals surface area contributed by atoms with Crippen LogP contribution >= 0.6 is 11.8 Å². The maximum Gasteiger partial charge on any atom is 0.263 e. The second-order valence-electron chi connectivity index (χ2n) is 5.46. The highest BCUT2D eigenvalue weighted by molar-refractivity contribution is 7.99. The van der Waals surface area contributed by atoms with Gasteiger partial charge in [-0.05, 0) is 43.3 Å². The van der Waals surface area contributed by atoms with Crippen LogP contribution in [0.1, 0.15) is 5.76 Å². The predicted molar refractivity (Wildman–Crippen MR) is 102 cm³/mol. The third kappa shape index (κ3) is 5.31. The number of pyridine rings is 1. The lowest BCUT2D eigenvalue weighted by Crippen LogP contribution is -2.15. The van der Waals surface area contributed by atoms with Crippen LogP contribution in [-0.2, 0) is 14.8 Å². The summed E-state index contributed by atoms with van der Waals surface area (Å²) in [6.07, 6.45) is 1.66. The highest BCUT2D eigenvalue weighted by atomic mass is 32.2. The van der Waals surface area contributed by atoms with Crippen molar-refractivity contribution in [1.29, 1.82) is 0 Å². The second kappa shape index (κ2) is 8.23. The van der Waals surface area contributed by atoms with Gasteiger partial charge in [0.25, 0.3) is 10.0 Å². The number of rotatable bonds is 7. The molecule has 0 unspecified atom stereocenters. The summed E-state index contributed by atoms with van der Waals surface area (Å²) in [5.74, 6) is 0.590. The molecule has 2 heterocycles. The molecule has 2 aromatic heterocycles. The molecule has 0 radical (unpaired) electrons. The second-order valence-corrected chi connectivity index (χ2v) is 8.14. The molecule has 3 aromatic rings. The van der Waals surface area contributed by atoms with Gasteiger partial charge in [0.05, 0.1) is 15.7 Å². The Balaban J connectivity index is 1.58. The zero-order chi connectivity index (χ0) is 19.3. The van der Waals surface area contributed by atoms with Crippen molar-refractivity contribution >= 4 is 39.2 Å². The Hall–Kier alpha value is -2.85. The van der Waals surface area contributed by atoms with Crippen LogP contribution in [-0.4, -0.2) is 30.2 Å². The van der Waals surface area contributed by atoms with E-state index in [0.717, 1.165) is 5.03 Å². The van der Waals surface area contributed by atoms with Gasteiger partial charge in [-0.2, -0.15) is 0 Å². The highest BCUT2D eigenvalue weighted by Crippen LogP contribution is 2.19. The van der Waals surface area contributed by atoms with Crippen molar-refractivity contribution in [3.8, 4) is 0 Å². The number of nitrogens with one attached hydrogen (secondary N) is 2. The first-order valence-electron chi connectivity index (χ1n) is 7.82. The minimum Gasteiger partial charge on any atom is -0.360 e. The summed E-state index contributed by atoms with van der Waals surface area (Å²) in [7, 11) is -3.79. The van der Waals surface area contributed by atoms with E-state index in [2.05, 4.69) is 20.2 Å². The number of benzene rings is 1. The Morgan fingerprint density at radius 3 is 2.59 bits per heavy atom. The van der Waals surface area contributed by atoms with E-state index in [-0.39, 0.29) is 22.4 Å². The van der Waals surface area contributed by atoms with Crippen molar-refractivity contribution in [3.63, 3.8) is 0 Å². The van der Waals surface area contributed by atoms with E-state index < -0.39 is 10.0 Å². The molecule has 0 atom stereocenters. The number of carbonyl (C=O) groups excluding carboxylic acids is 1. The van der Waals surface area contributed by atoms with E-state index in [0.29, 0.717) is 11.4 Å².